The number of carbonyl (C=O) groups excluding carboxylic acids is 2. The molecule has 2 rings (SSSR count). The van der Waals surface area contributed by atoms with Crippen molar-refractivity contribution < 1.29 is 14.3 Å². The fourth-order valence-electron chi connectivity index (χ4n) is 3.33. The number of aryl methyl sites for hydroxylation is 2. The molecule has 0 radical (unpaired) electrons. The monoisotopic (exact) mass is 483 g/mol. The van der Waals surface area contributed by atoms with Gasteiger partial charge in [-0.2, -0.15) is 0 Å². The highest BCUT2D eigenvalue weighted by molar-refractivity contribution is 7.80. The van der Waals surface area contributed by atoms with Crippen LogP contribution in [0.15, 0.2) is 42.5 Å². The molecule has 2 aromatic carbocycles. The van der Waals surface area contributed by atoms with E-state index < -0.39 is 5.41 Å². The van der Waals surface area contributed by atoms with Crippen molar-refractivity contribution in [2.75, 3.05) is 17.2 Å². The van der Waals surface area contributed by atoms with Crippen LogP contribution in [-0.4, -0.2) is 23.5 Å². The van der Waals surface area contributed by atoms with Gasteiger partial charge in [0.2, 0.25) is 11.8 Å². The Morgan fingerprint density at radius 2 is 1.62 bits per heavy atom. The molecule has 0 aliphatic carbocycles. The molecule has 6 nitrogen and oxygen atoms in total. The largest absolute Gasteiger partial charge is 0.493 e. The van der Waals surface area contributed by atoms with Crippen molar-refractivity contribution in [2.24, 2.45) is 11.3 Å². The molecule has 0 fully saturated rings. The quantitative estimate of drug-likeness (QED) is 0.286. The summed E-state index contributed by atoms with van der Waals surface area (Å²) < 4.78 is 5.91. The lowest BCUT2D eigenvalue weighted by Gasteiger charge is -2.24. The van der Waals surface area contributed by atoms with E-state index in [1.165, 1.54) is 0 Å². The maximum atomic E-state index is 12.8. The predicted molar refractivity (Wildman–Crippen MR) is 143 cm³/mol. The Labute approximate surface area is 208 Å². The zero-order chi connectivity index (χ0) is 25.3. The van der Waals surface area contributed by atoms with Gasteiger partial charge >= 0.3 is 0 Å². The van der Waals surface area contributed by atoms with Crippen molar-refractivity contribution in [2.45, 2.75) is 60.8 Å². The highest BCUT2D eigenvalue weighted by Crippen LogP contribution is 2.24. The van der Waals surface area contributed by atoms with Crippen LogP contribution < -0.4 is 20.7 Å². The molecule has 0 atom stereocenters. The van der Waals surface area contributed by atoms with E-state index in [0.717, 1.165) is 34.7 Å². The van der Waals surface area contributed by atoms with Crippen LogP contribution in [0.1, 0.15) is 58.1 Å². The zero-order valence-corrected chi connectivity index (χ0v) is 21.9. The van der Waals surface area contributed by atoms with Crippen LogP contribution in [-0.2, 0) is 9.59 Å². The zero-order valence-electron chi connectivity index (χ0n) is 21.1. The van der Waals surface area contributed by atoms with E-state index in [0.29, 0.717) is 25.4 Å². The first-order valence-electron chi connectivity index (χ1n) is 11.7. The summed E-state index contributed by atoms with van der Waals surface area (Å²) in [6.07, 6.45) is 1.89. The second-order valence-electron chi connectivity index (χ2n) is 9.74. The number of nitrogens with one attached hydrogen (secondary N) is 3. The van der Waals surface area contributed by atoms with Crippen LogP contribution in [0.3, 0.4) is 0 Å². The van der Waals surface area contributed by atoms with Gasteiger partial charge in [0.1, 0.15) is 5.75 Å². The second kappa shape index (κ2) is 12.5. The number of thiocarbonyl (C=S) groups is 1. The smallest absolute Gasteiger partial charge is 0.231 e. The van der Waals surface area contributed by atoms with Gasteiger partial charge < -0.3 is 20.7 Å². The number of rotatable bonds is 10. The number of hydrogen-bond acceptors (Lipinski definition) is 4. The average Bonchev–Trinajstić information content (AvgIpc) is 2.74. The summed E-state index contributed by atoms with van der Waals surface area (Å²) in [7, 11) is 0. The first-order valence-corrected chi connectivity index (χ1v) is 12.1. The lowest BCUT2D eigenvalue weighted by molar-refractivity contribution is -0.128. The third-order valence-corrected chi connectivity index (χ3v) is 5.61. The lowest BCUT2D eigenvalue weighted by Crippen LogP contribution is -2.42. The standard InChI is InChI=1S/C27H37N3O3S/c1-18(2)16-24(31)28-21-10-12-22(13-11-21)29-26(34)30-25(32)27(5,6)14-7-15-33-23-17-19(3)8-9-20(23)4/h8-13,17-18H,7,14-16H2,1-6H3,(H,28,31)(H2,29,30,32,34). The molecule has 0 heterocycles. The Bertz CT molecular complexity index is 1000. The van der Waals surface area contributed by atoms with Gasteiger partial charge in [-0.3, -0.25) is 9.59 Å². The van der Waals surface area contributed by atoms with E-state index in [9.17, 15) is 9.59 Å². The molecule has 0 aliphatic heterocycles. The maximum absolute atomic E-state index is 12.8. The molecule has 2 aromatic rings. The molecule has 0 aliphatic rings. The molecule has 0 saturated carbocycles. The van der Waals surface area contributed by atoms with Crippen LogP contribution in [0.25, 0.3) is 0 Å². The van der Waals surface area contributed by atoms with Gasteiger partial charge in [0.05, 0.1) is 6.61 Å². The minimum atomic E-state index is -0.596. The number of amides is 2. The van der Waals surface area contributed by atoms with Crippen LogP contribution in [0.4, 0.5) is 11.4 Å². The summed E-state index contributed by atoms with van der Waals surface area (Å²) in [4.78, 5) is 24.7. The molecule has 184 valence electrons. The minimum absolute atomic E-state index is 0.0138. The first-order chi connectivity index (χ1) is 16.0. The molecule has 0 aromatic heterocycles. The van der Waals surface area contributed by atoms with Gasteiger partial charge in [0.15, 0.2) is 5.11 Å². The molecule has 3 N–H and O–H groups in total. The molecule has 0 unspecified atom stereocenters. The lowest BCUT2D eigenvalue weighted by atomic mass is 9.87. The average molecular weight is 484 g/mol. The van der Waals surface area contributed by atoms with Gasteiger partial charge in [-0.15, -0.1) is 0 Å². The molecular weight excluding hydrogens is 446 g/mol. The molecule has 0 saturated heterocycles. The number of benzene rings is 2. The number of hydrogen-bond donors (Lipinski definition) is 3. The highest BCUT2D eigenvalue weighted by Gasteiger charge is 2.27. The van der Waals surface area contributed by atoms with E-state index in [2.05, 4.69) is 22.0 Å². The second-order valence-corrected chi connectivity index (χ2v) is 10.1. The Morgan fingerprint density at radius 1 is 1.00 bits per heavy atom. The van der Waals surface area contributed by atoms with E-state index in [1.54, 1.807) is 24.3 Å². The number of anilines is 2. The van der Waals surface area contributed by atoms with Gasteiger partial charge in [0, 0.05) is 23.2 Å². The van der Waals surface area contributed by atoms with Gasteiger partial charge in [0.25, 0.3) is 0 Å². The van der Waals surface area contributed by atoms with Crippen molar-refractivity contribution in [1.29, 1.82) is 0 Å². The summed E-state index contributed by atoms with van der Waals surface area (Å²) in [5, 5.41) is 8.91. The predicted octanol–water partition coefficient (Wildman–Crippen LogP) is 5.99. The summed E-state index contributed by atoms with van der Waals surface area (Å²) in [6.45, 7) is 12.4. The van der Waals surface area contributed by atoms with Gasteiger partial charge in [-0.25, -0.2) is 0 Å². The summed E-state index contributed by atoms with van der Waals surface area (Å²) in [5.41, 5.74) is 3.11. The summed E-state index contributed by atoms with van der Waals surface area (Å²) in [5.74, 6) is 1.03. The van der Waals surface area contributed by atoms with E-state index in [1.807, 2.05) is 53.7 Å². The fraction of sp³-hybridized carbons (Fsp3) is 0.444. The molecule has 34 heavy (non-hydrogen) atoms. The fourth-order valence-corrected chi connectivity index (χ4v) is 3.54. The van der Waals surface area contributed by atoms with Gasteiger partial charge in [-0.1, -0.05) is 39.8 Å². The van der Waals surface area contributed by atoms with E-state index in [-0.39, 0.29) is 16.9 Å². The Balaban J connectivity index is 1.78. The first kappa shape index (κ1) is 27.3. The van der Waals surface area contributed by atoms with Crippen LogP contribution >= 0.6 is 12.2 Å². The van der Waals surface area contributed by atoms with Crippen LogP contribution in [0, 0.1) is 25.2 Å². The van der Waals surface area contributed by atoms with Crippen LogP contribution in [0.2, 0.25) is 0 Å². The van der Waals surface area contributed by atoms with Crippen molar-refractivity contribution in [1.82, 2.24) is 5.32 Å². The van der Waals surface area contributed by atoms with Crippen molar-refractivity contribution >= 4 is 40.5 Å². The number of ether oxygens (including phenoxy) is 1. The Hall–Kier alpha value is -2.93. The van der Waals surface area contributed by atoms with Crippen LogP contribution in [0.5, 0.6) is 5.75 Å². The molecule has 2 amide bonds. The van der Waals surface area contributed by atoms with E-state index >= 15 is 0 Å². The third kappa shape index (κ3) is 9.14. The summed E-state index contributed by atoms with van der Waals surface area (Å²) >= 11 is 5.32. The Kier molecular flexibility index (Phi) is 10.1. The topological polar surface area (TPSA) is 79.5 Å². The maximum Gasteiger partial charge on any atom is 0.231 e. The third-order valence-electron chi connectivity index (χ3n) is 5.41. The minimum Gasteiger partial charge on any atom is -0.493 e. The van der Waals surface area contributed by atoms with Crippen molar-refractivity contribution in [3.05, 3.63) is 53.6 Å². The Morgan fingerprint density at radius 3 is 2.24 bits per heavy atom. The molecular formula is C27H37N3O3S. The SMILES string of the molecule is Cc1ccc(C)c(OCCCC(C)(C)C(=O)NC(=S)Nc2ccc(NC(=O)CC(C)C)cc2)c1. The van der Waals surface area contributed by atoms with Crippen molar-refractivity contribution in [3.8, 4) is 5.75 Å². The normalized spacial score (nSPS) is 11.1. The van der Waals surface area contributed by atoms with Crippen molar-refractivity contribution in [3.63, 3.8) is 0 Å². The van der Waals surface area contributed by atoms with Gasteiger partial charge in [-0.05, 0) is 86.3 Å². The molecule has 7 heteroatoms. The number of carbonyl (C=O) groups is 2. The molecule has 0 spiro atoms. The van der Waals surface area contributed by atoms with E-state index in [4.69, 9.17) is 17.0 Å². The summed E-state index contributed by atoms with van der Waals surface area (Å²) in [6, 6.07) is 13.3. The highest BCUT2D eigenvalue weighted by atomic mass is 32.1. The molecule has 0 bridgehead atoms.